The Labute approximate surface area is 362 Å². The summed E-state index contributed by atoms with van der Waals surface area (Å²) >= 11 is 1.86. The molecule has 0 N–H and O–H groups in total. The summed E-state index contributed by atoms with van der Waals surface area (Å²) in [4.78, 5) is 2.45. The number of rotatable bonds is 6. The number of thiophene rings is 1. The first-order chi connectivity index (χ1) is 30.7. The normalized spacial score (nSPS) is 11.9. The van der Waals surface area contributed by atoms with Gasteiger partial charge in [-0.2, -0.15) is 0 Å². The predicted octanol–water partition coefficient (Wildman–Crippen LogP) is 16.5. The molecule has 0 unspecified atom stereocenters. The zero-order chi connectivity index (χ0) is 40.7. The summed E-state index contributed by atoms with van der Waals surface area (Å²) < 4.78 is 7.41. The number of fused-ring (bicyclic) bond motifs is 10. The Bertz CT molecular complexity index is 3850. The molecule has 0 bridgehead atoms. The molecule has 3 aromatic heterocycles. The minimum atomic E-state index is 1.10. The van der Waals surface area contributed by atoms with Crippen molar-refractivity contribution < 1.29 is 0 Å². The van der Waals surface area contributed by atoms with E-state index in [0.717, 1.165) is 28.4 Å². The van der Waals surface area contributed by atoms with E-state index in [1.54, 1.807) is 0 Å². The number of nitrogens with zero attached hydrogens (tertiary/aromatic N) is 3. The SMILES string of the molecule is c1ccc(-n2c3ccccc3c3c(N(c4ccc(-c5ccc(-n6c7ccccc7c7cc8ccccc8cc76)cc5)cc4)c4ccc5sc6ccccc6c5c4)cccc32)cc1. The summed E-state index contributed by atoms with van der Waals surface area (Å²) in [7, 11) is 0. The van der Waals surface area contributed by atoms with Gasteiger partial charge < -0.3 is 14.0 Å². The fourth-order valence-corrected chi connectivity index (χ4v) is 10.9. The molecule has 0 aliphatic heterocycles. The van der Waals surface area contributed by atoms with Gasteiger partial charge in [0.15, 0.2) is 0 Å². The molecule has 62 heavy (non-hydrogen) atoms. The largest absolute Gasteiger partial charge is 0.310 e. The minimum Gasteiger partial charge on any atom is -0.310 e. The fraction of sp³-hybridized carbons (Fsp3) is 0. The smallest absolute Gasteiger partial charge is 0.0562 e. The van der Waals surface area contributed by atoms with E-state index >= 15 is 0 Å². The molecule has 0 amide bonds. The second kappa shape index (κ2) is 13.8. The Morgan fingerprint density at radius 3 is 1.68 bits per heavy atom. The Morgan fingerprint density at radius 2 is 0.887 bits per heavy atom. The molecule has 0 saturated carbocycles. The highest BCUT2D eigenvalue weighted by atomic mass is 32.1. The van der Waals surface area contributed by atoms with Crippen molar-refractivity contribution in [2.24, 2.45) is 0 Å². The maximum Gasteiger partial charge on any atom is 0.0562 e. The third kappa shape index (κ3) is 5.37. The molecule has 3 nitrogen and oxygen atoms in total. The lowest BCUT2D eigenvalue weighted by Gasteiger charge is -2.27. The highest BCUT2D eigenvalue weighted by molar-refractivity contribution is 7.25. The summed E-state index contributed by atoms with van der Waals surface area (Å²) in [5.74, 6) is 0. The molecule has 13 rings (SSSR count). The number of aromatic nitrogens is 2. The Morgan fingerprint density at radius 1 is 0.323 bits per heavy atom. The standard InChI is InChI=1S/C58H37N3S/c1-2-15-42(16-3-1)60-52-21-10-7-19-48(52)58-53(22-12-23-54(58)60)59(45-33-34-57-50(37-45)47-18-8-11-24-56(47)62-57)43-29-25-38(26-30-43)39-27-31-44(32-28-39)61-51-20-9-6-17-46(51)49-35-40-13-4-5-14-41(40)36-55(49)61/h1-37H. The minimum absolute atomic E-state index is 1.10. The van der Waals surface area contributed by atoms with Crippen molar-refractivity contribution in [3.8, 4) is 22.5 Å². The first kappa shape index (κ1) is 34.9. The molecule has 0 spiro atoms. The van der Waals surface area contributed by atoms with Crippen LogP contribution in [0.15, 0.2) is 224 Å². The fourth-order valence-electron chi connectivity index (χ4n) is 9.86. The quantitative estimate of drug-likeness (QED) is 0.163. The van der Waals surface area contributed by atoms with Crippen molar-refractivity contribution in [2.45, 2.75) is 0 Å². The van der Waals surface area contributed by atoms with Crippen molar-refractivity contribution in [1.82, 2.24) is 9.13 Å². The molecule has 0 aliphatic rings. The lowest BCUT2D eigenvalue weighted by atomic mass is 10.0. The number of hydrogen-bond acceptors (Lipinski definition) is 2. The lowest BCUT2D eigenvalue weighted by Crippen LogP contribution is -2.10. The van der Waals surface area contributed by atoms with Crippen LogP contribution < -0.4 is 4.90 Å². The van der Waals surface area contributed by atoms with E-state index in [1.165, 1.54) is 85.7 Å². The molecule has 13 aromatic rings. The second-order valence-corrected chi connectivity index (χ2v) is 17.2. The lowest BCUT2D eigenvalue weighted by molar-refractivity contribution is 1.18. The van der Waals surface area contributed by atoms with Crippen molar-refractivity contribution in [2.75, 3.05) is 4.90 Å². The zero-order valence-corrected chi connectivity index (χ0v) is 34.4. The maximum absolute atomic E-state index is 2.45. The second-order valence-electron chi connectivity index (χ2n) is 16.1. The van der Waals surface area contributed by atoms with Crippen LogP contribution in [-0.2, 0) is 0 Å². The topological polar surface area (TPSA) is 13.1 Å². The van der Waals surface area contributed by atoms with Gasteiger partial charge in [-0.1, -0.05) is 127 Å². The third-order valence-corrected chi connectivity index (χ3v) is 13.8. The maximum atomic E-state index is 2.45. The Kier molecular flexibility index (Phi) is 7.78. The molecule has 4 heteroatoms. The monoisotopic (exact) mass is 807 g/mol. The van der Waals surface area contributed by atoms with E-state index in [0.29, 0.717) is 0 Å². The molecular weight excluding hydrogens is 771 g/mol. The van der Waals surface area contributed by atoms with E-state index in [4.69, 9.17) is 0 Å². The van der Waals surface area contributed by atoms with Crippen LogP contribution >= 0.6 is 11.3 Å². The van der Waals surface area contributed by atoms with Crippen LogP contribution in [0.3, 0.4) is 0 Å². The van der Waals surface area contributed by atoms with Gasteiger partial charge in [0, 0.05) is 64.5 Å². The molecule has 3 heterocycles. The number of para-hydroxylation sites is 3. The van der Waals surface area contributed by atoms with Gasteiger partial charge >= 0.3 is 0 Å². The first-order valence-electron chi connectivity index (χ1n) is 21.2. The average Bonchev–Trinajstić information content (AvgIpc) is 3.99. The van der Waals surface area contributed by atoms with Gasteiger partial charge in [-0.25, -0.2) is 0 Å². The molecular formula is C58H37N3S. The molecule has 0 atom stereocenters. The third-order valence-electron chi connectivity index (χ3n) is 12.7. The van der Waals surface area contributed by atoms with Gasteiger partial charge in [0.25, 0.3) is 0 Å². The summed E-state index contributed by atoms with van der Waals surface area (Å²) in [6.07, 6.45) is 0. The Balaban J connectivity index is 0.952. The van der Waals surface area contributed by atoms with E-state index in [1.807, 2.05) is 11.3 Å². The van der Waals surface area contributed by atoms with Crippen LogP contribution in [0.4, 0.5) is 17.1 Å². The van der Waals surface area contributed by atoms with E-state index < -0.39 is 0 Å². The van der Waals surface area contributed by atoms with Crippen molar-refractivity contribution in [3.63, 3.8) is 0 Å². The predicted molar refractivity (Wildman–Crippen MR) is 266 cm³/mol. The molecule has 290 valence electrons. The molecule has 0 radical (unpaired) electrons. The summed E-state index contributed by atoms with van der Waals surface area (Å²) in [6, 6.07) is 82.2. The molecule has 0 fully saturated rings. The highest BCUT2D eigenvalue weighted by Gasteiger charge is 2.22. The highest BCUT2D eigenvalue weighted by Crippen LogP contribution is 2.46. The van der Waals surface area contributed by atoms with Crippen LogP contribution in [0.1, 0.15) is 0 Å². The van der Waals surface area contributed by atoms with Crippen LogP contribution in [0, 0.1) is 0 Å². The molecule has 0 aliphatic carbocycles. The summed E-state index contributed by atoms with van der Waals surface area (Å²) in [5, 5.41) is 10.1. The number of hydrogen-bond donors (Lipinski definition) is 0. The van der Waals surface area contributed by atoms with Gasteiger partial charge in [0.1, 0.15) is 0 Å². The first-order valence-corrected chi connectivity index (χ1v) is 22.0. The molecule has 10 aromatic carbocycles. The van der Waals surface area contributed by atoms with Crippen molar-refractivity contribution in [3.05, 3.63) is 224 Å². The molecule has 0 saturated heterocycles. The van der Waals surface area contributed by atoms with Gasteiger partial charge in [0.05, 0.1) is 27.8 Å². The van der Waals surface area contributed by atoms with E-state index in [-0.39, 0.29) is 0 Å². The zero-order valence-electron chi connectivity index (χ0n) is 33.6. The average molecular weight is 808 g/mol. The number of anilines is 3. The van der Waals surface area contributed by atoms with Crippen molar-refractivity contribution >= 4 is 103 Å². The van der Waals surface area contributed by atoms with Crippen LogP contribution in [0.5, 0.6) is 0 Å². The van der Waals surface area contributed by atoms with Crippen LogP contribution in [-0.4, -0.2) is 9.13 Å². The van der Waals surface area contributed by atoms with Gasteiger partial charge in [-0.15, -0.1) is 11.3 Å². The van der Waals surface area contributed by atoms with E-state index in [2.05, 4.69) is 238 Å². The van der Waals surface area contributed by atoms with Crippen LogP contribution in [0.25, 0.3) is 97.1 Å². The summed E-state index contributed by atoms with van der Waals surface area (Å²) in [5.41, 5.74) is 12.8. The van der Waals surface area contributed by atoms with Crippen LogP contribution in [0.2, 0.25) is 0 Å². The summed E-state index contributed by atoms with van der Waals surface area (Å²) in [6.45, 7) is 0. The number of benzene rings is 10. The van der Waals surface area contributed by atoms with Gasteiger partial charge in [0.2, 0.25) is 0 Å². The van der Waals surface area contributed by atoms with Crippen molar-refractivity contribution in [1.29, 1.82) is 0 Å². The Hall–Kier alpha value is -7.92. The van der Waals surface area contributed by atoms with Gasteiger partial charge in [-0.05, 0) is 119 Å². The van der Waals surface area contributed by atoms with E-state index in [9.17, 15) is 0 Å². The van der Waals surface area contributed by atoms with Gasteiger partial charge in [-0.3, -0.25) is 0 Å².